The minimum absolute atomic E-state index is 0.0515. The summed E-state index contributed by atoms with van der Waals surface area (Å²) in [5, 5.41) is 0. The molecule has 0 aliphatic heterocycles. The van der Waals surface area contributed by atoms with Crippen molar-refractivity contribution in [3.63, 3.8) is 0 Å². The Labute approximate surface area is 216 Å². The van der Waals surface area contributed by atoms with Crippen LogP contribution in [0.1, 0.15) is 30.9 Å². The van der Waals surface area contributed by atoms with Crippen LogP contribution < -0.4 is 14.2 Å². The van der Waals surface area contributed by atoms with E-state index in [-0.39, 0.29) is 33.3 Å². The van der Waals surface area contributed by atoms with Gasteiger partial charge in [-0.3, -0.25) is 14.2 Å². The van der Waals surface area contributed by atoms with Gasteiger partial charge in [-0.2, -0.15) is 0 Å². The number of carbonyl (C=O) groups is 1. The lowest BCUT2D eigenvalue weighted by molar-refractivity contribution is -0.137. The number of allylic oxidation sites excluding steroid dienone is 2. The van der Waals surface area contributed by atoms with Crippen LogP contribution in [0.5, 0.6) is 5.75 Å². The summed E-state index contributed by atoms with van der Waals surface area (Å²) in [4.78, 5) is 11.8. The minimum Gasteiger partial charge on any atom is -0.494 e. The van der Waals surface area contributed by atoms with E-state index in [4.69, 9.17) is 9.47 Å². The predicted octanol–water partition coefficient (Wildman–Crippen LogP) is 4.40. The maximum absolute atomic E-state index is 13.2. The molecule has 0 radical (unpaired) electrons. The lowest BCUT2D eigenvalue weighted by Gasteiger charge is -2.28. The van der Waals surface area contributed by atoms with Gasteiger partial charge < -0.3 is 9.47 Å². The Morgan fingerprint density at radius 2 is 1.43 bits per heavy atom. The van der Waals surface area contributed by atoms with Crippen LogP contribution in [0, 0.1) is 0 Å². The average molecular weight is 543 g/mol. The first-order chi connectivity index (χ1) is 17.5. The van der Waals surface area contributed by atoms with Crippen molar-refractivity contribution in [2.45, 2.75) is 36.0 Å². The van der Waals surface area contributed by atoms with Gasteiger partial charge in [0.2, 0.25) is 0 Å². The smallest absolute Gasteiger partial charge is 0.307 e. The van der Waals surface area contributed by atoms with Gasteiger partial charge >= 0.3 is 5.97 Å². The number of nitrogens with one attached hydrogen (secondary N) is 2. The number of methoxy groups -OCH3 is 1. The Balaban J connectivity index is 1.88. The van der Waals surface area contributed by atoms with Crippen LogP contribution in [0.4, 0.5) is 11.4 Å². The number of sulfonamides is 2. The van der Waals surface area contributed by atoms with Crippen LogP contribution >= 0.6 is 0 Å². The van der Waals surface area contributed by atoms with Crippen LogP contribution in [-0.2, 0) is 36.0 Å². The number of rotatable bonds is 8. The van der Waals surface area contributed by atoms with Crippen LogP contribution in [0.25, 0.3) is 0 Å². The first-order valence-corrected chi connectivity index (χ1v) is 14.3. The highest BCUT2D eigenvalue weighted by atomic mass is 32.2. The molecule has 11 heteroatoms. The largest absolute Gasteiger partial charge is 0.494 e. The molecule has 0 aromatic heterocycles. The molecule has 1 aliphatic rings. The van der Waals surface area contributed by atoms with Crippen molar-refractivity contribution in [1.29, 1.82) is 0 Å². The highest BCUT2D eigenvalue weighted by Crippen LogP contribution is 2.46. The van der Waals surface area contributed by atoms with Gasteiger partial charge in [0.15, 0.2) is 0 Å². The van der Waals surface area contributed by atoms with Gasteiger partial charge in [0, 0.05) is 25.3 Å². The van der Waals surface area contributed by atoms with Crippen molar-refractivity contribution < 1.29 is 31.1 Å². The molecule has 0 amide bonds. The van der Waals surface area contributed by atoms with Crippen LogP contribution in [-0.4, -0.2) is 29.9 Å². The van der Waals surface area contributed by atoms with Gasteiger partial charge in [0.05, 0.1) is 28.3 Å². The molecule has 4 rings (SSSR count). The molecule has 0 saturated heterocycles. The van der Waals surface area contributed by atoms with Crippen molar-refractivity contribution in [1.82, 2.24) is 0 Å². The summed E-state index contributed by atoms with van der Waals surface area (Å²) < 4.78 is 68.8. The SMILES string of the molecule is COc1cc(NS(=O)(=O)c2ccccc2)c2c(c1NS(=O)(=O)c1ccccc1)C(C)C=C(OC(C)=O)C2. The molecule has 194 valence electrons. The van der Waals surface area contributed by atoms with E-state index in [2.05, 4.69) is 9.44 Å². The maximum atomic E-state index is 13.2. The third-order valence-electron chi connectivity index (χ3n) is 5.77. The molecule has 0 bridgehead atoms. The molecule has 3 aromatic rings. The van der Waals surface area contributed by atoms with Crippen LogP contribution in [0.2, 0.25) is 0 Å². The number of anilines is 2. The zero-order chi connectivity index (χ0) is 26.8. The Morgan fingerprint density at radius 3 is 1.95 bits per heavy atom. The highest BCUT2D eigenvalue weighted by molar-refractivity contribution is 7.93. The second-order valence-corrected chi connectivity index (χ2v) is 11.8. The number of esters is 1. The van der Waals surface area contributed by atoms with E-state index in [1.807, 2.05) is 0 Å². The molecule has 2 N–H and O–H groups in total. The maximum Gasteiger partial charge on any atom is 0.307 e. The molecule has 9 nitrogen and oxygen atoms in total. The number of carbonyl (C=O) groups excluding carboxylic acids is 1. The van der Waals surface area contributed by atoms with Gasteiger partial charge in [-0.05, 0) is 41.5 Å². The first-order valence-electron chi connectivity index (χ1n) is 11.3. The molecule has 3 aromatic carbocycles. The Kier molecular flexibility index (Phi) is 7.28. The predicted molar refractivity (Wildman–Crippen MR) is 139 cm³/mol. The van der Waals surface area contributed by atoms with Crippen molar-refractivity contribution in [2.75, 3.05) is 16.6 Å². The third-order valence-corrected chi connectivity index (χ3v) is 8.51. The number of benzene rings is 3. The van der Waals surface area contributed by atoms with Crippen LogP contribution in [0.15, 0.2) is 88.4 Å². The van der Waals surface area contributed by atoms with E-state index < -0.39 is 31.9 Å². The van der Waals surface area contributed by atoms with E-state index in [1.54, 1.807) is 49.4 Å². The number of hydrogen-bond donors (Lipinski definition) is 2. The fourth-order valence-corrected chi connectivity index (χ4v) is 6.43. The van der Waals surface area contributed by atoms with E-state index in [1.165, 1.54) is 44.4 Å². The summed E-state index contributed by atoms with van der Waals surface area (Å²) >= 11 is 0. The normalized spacial score (nSPS) is 15.2. The molecule has 0 spiro atoms. The summed E-state index contributed by atoms with van der Waals surface area (Å²) in [6.45, 7) is 3.06. The molecule has 1 unspecified atom stereocenters. The van der Waals surface area contributed by atoms with Crippen molar-refractivity contribution >= 4 is 37.4 Å². The second kappa shape index (κ2) is 10.3. The molecular weight excluding hydrogens is 516 g/mol. The van der Waals surface area contributed by atoms with Crippen LogP contribution in [0.3, 0.4) is 0 Å². The third kappa shape index (κ3) is 5.62. The summed E-state index contributed by atoms with van der Waals surface area (Å²) in [6, 6.07) is 17.1. The highest BCUT2D eigenvalue weighted by Gasteiger charge is 2.31. The molecule has 0 fully saturated rings. The molecule has 1 aliphatic carbocycles. The summed E-state index contributed by atoms with van der Waals surface area (Å²) in [5.41, 5.74) is 1.32. The fourth-order valence-electron chi connectivity index (χ4n) is 4.22. The molecular formula is C26H26N2O7S2. The summed E-state index contributed by atoms with van der Waals surface area (Å²) in [7, 11) is -6.63. The van der Waals surface area contributed by atoms with Gasteiger partial charge in [-0.15, -0.1) is 0 Å². The zero-order valence-electron chi connectivity index (χ0n) is 20.4. The van der Waals surface area contributed by atoms with Gasteiger partial charge in [0.1, 0.15) is 11.5 Å². The second-order valence-electron chi connectivity index (χ2n) is 8.42. The number of ether oxygens (including phenoxy) is 2. The summed E-state index contributed by atoms with van der Waals surface area (Å²) in [5.74, 6) is -0.525. The molecule has 1 atom stereocenters. The van der Waals surface area contributed by atoms with E-state index in [0.29, 0.717) is 16.9 Å². The average Bonchev–Trinajstić information content (AvgIpc) is 2.85. The van der Waals surface area contributed by atoms with Crippen molar-refractivity contribution in [3.8, 4) is 5.75 Å². The molecule has 0 saturated carbocycles. The molecule has 0 heterocycles. The van der Waals surface area contributed by atoms with E-state index >= 15 is 0 Å². The Morgan fingerprint density at radius 1 is 0.892 bits per heavy atom. The minimum atomic E-state index is -4.00. The fraction of sp³-hybridized carbons (Fsp3) is 0.192. The molecule has 37 heavy (non-hydrogen) atoms. The Hall–Kier alpha value is -3.83. The lowest BCUT2D eigenvalue weighted by atomic mass is 9.85. The number of hydrogen-bond acceptors (Lipinski definition) is 7. The van der Waals surface area contributed by atoms with Gasteiger partial charge in [-0.1, -0.05) is 43.3 Å². The quantitative estimate of drug-likeness (QED) is 0.404. The van der Waals surface area contributed by atoms with E-state index in [9.17, 15) is 21.6 Å². The van der Waals surface area contributed by atoms with E-state index in [0.717, 1.165) is 0 Å². The van der Waals surface area contributed by atoms with Crippen molar-refractivity contribution in [2.24, 2.45) is 0 Å². The topological polar surface area (TPSA) is 128 Å². The zero-order valence-corrected chi connectivity index (χ0v) is 22.0. The monoisotopic (exact) mass is 542 g/mol. The standard InChI is InChI=1S/C26H26N2O7S2/c1-17-14-19(35-18(2)29)15-22-23(27-36(30,31)20-10-6-4-7-11-20)16-24(34-3)26(25(17)22)28-37(32,33)21-12-8-5-9-13-21/h4-14,16-17,27-28H,15H2,1-3H3. The lowest BCUT2D eigenvalue weighted by Crippen LogP contribution is -2.21. The Bertz CT molecular complexity index is 1570. The van der Waals surface area contributed by atoms with Gasteiger partial charge in [0.25, 0.3) is 20.0 Å². The van der Waals surface area contributed by atoms with Gasteiger partial charge in [-0.25, -0.2) is 16.8 Å². The van der Waals surface area contributed by atoms with Crippen molar-refractivity contribution in [3.05, 3.63) is 89.7 Å². The summed E-state index contributed by atoms with van der Waals surface area (Å²) in [6.07, 6.45) is 1.74. The number of fused-ring (bicyclic) bond motifs is 1. The first kappa shape index (κ1) is 26.2.